The van der Waals surface area contributed by atoms with Crippen LogP contribution in [0.3, 0.4) is 0 Å². The molecule has 0 bridgehead atoms. The Bertz CT molecular complexity index is 547. The van der Waals surface area contributed by atoms with E-state index in [4.69, 9.17) is 8.23 Å². The van der Waals surface area contributed by atoms with E-state index in [1.165, 1.54) is 10.4 Å². The summed E-state index contributed by atoms with van der Waals surface area (Å²) in [6, 6.07) is 10.6. The van der Waals surface area contributed by atoms with Crippen LogP contribution in [0.15, 0.2) is 35.2 Å². The summed E-state index contributed by atoms with van der Waals surface area (Å²) >= 11 is 0. The summed E-state index contributed by atoms with van der Waals surface area (Å²) < 4.78 is 13.6. The van der Waals surface area contributed by atoms with Gasteiger partial charge in [-0.25, -0.2) is 0 Å². The SMILES string of the molecule is C[Si](C)(C)O[Si](C)(O[Si](C)(C)C)/C(=C/c1ccccc1)[Si](C)(C)C. The maximum absolute atomic E-state index is 6.82. The molecule has 0 amide bonds. The third kappa shape index (κ3) is 7.33. The third-order valence-electron chi connectivity index (χ3n) is 3.41. The van der Waals surface area contributed by atoms with Gasteiger partial charge < -0.3 is 8.23 Å². The molecule has 0 unspecified atom stereocenters. The lowest BCUT2D eigenvalue weighted by Gasteiger charge is -2.43. The molecule has 0 saturated carbocycles. The molecule has 0 saturated heterocycles. The van der Waals surface area contributed by atoms with E-state index in [0.717, 1.165) is 0 Å². The molecule has 0 N–H and O–H groups in total. The van der Waals surface area contributed by atoms with Crippen LogP contribution in [0.4, 0.5) is 0 Å². The van der Waals surface area contributed by atoms with Gasteiger partial charge in [0.15, 0.2) is 16.6 Å². The van der Waals surface area contributed by atoms with Crippen LogP contribution in [-0.2, 0) is 8.23 Å². The van der Waals surface area contributed by atoms with Crippen molar-refractivity contribution in [2.45, 2.75) is 65.5 Å². The van der Waals surface area contributed by atoms with Crippen LogP contribution in [0.2, 0.25) is 65.5 Å². The summed E-state index contributed by atoms with van der Waals surface area (Å²) in [5.41, 5.74) is 1.26. The molecule has 6 heteroatoms. The average Bonchev–Trinajstić information content (AvgIpc) is 2.31. The van der Waals surface area contributed by atoms with Gasteiger partial charge in [0.25, 0.3) is 0 Å². The molecule has 2 nitrogen and oxygen atoms in total. The van der Waals surface area contributed by atoms with Crippen molar-refractivity contribution >= 4 is 39.3 Å². The molecule has 0 fully saturated rings. The molecule has 0 aromatic heterocycles. The highest BCUT2D eigenvalue weighted by atomic mass is 28.5. The van der Waals surface area contributed by atoms with E-state index in [1.54, 1.807) is 0 Å². The zero-order valence-electron chi connectivity index (χ0n) is 17.3. The molecule has 0 radical (unpaired) electrons. The molecular weight excluding hydrogens is 361 g/mol. The highest BCUT2D eigenvalue weighted by Crippen LogP contribution is 2.34. The molecule has 0 spiro atoms. The summed E-state index contributed by atoms with van der Waals surface area (Å²) in [5, 5.41) is 0. The Balaban J connectivity index is 3.49. The second kappa shape index (κ2) is 7.55. The van der Waals surface area contributed by atoms with Crippen LogP contribution >= 0.6 is 0 Å². The lowest BCUT2D eigenvalue weighted by molar-refractivity contribution is 0.401. The zero-order chi connectivity index (χ0) is 18.8. The largest absolute Gasteiger partial charge is 0.434 e. The van der Waals surface area contributed by atoms with Gasteiger partial charge >= 0.3 is 8.56 Å². The first-order valence-electron chi connectivity index (χ1n) is 8.80. The van der Waals surface area contributed by atoms with Crippen molar-refractivity contribution in [1.82, 2.24) is 0 Å². The standard InChI is InChI=1S/C18H36O2Si4/c1-21(2,3)18(16-17-14-12-11-13-15-17)24(10,19-22(4,5)6)20-23(7,8)9/h11-16H,1-10H3/b18-16+. The van der Waals surface area contributed by atoms with Crippen molar-refractivity contribution in [3.63, 3.8) is 0 Å². The first-order valence-corrected chi connectivity index (χ1v) is 21.4. The van der Waals surface area contributed by atoms with Crippen LogP contribution in [0.5, 0.6) is 0 Å². The number of hydrogen-bond donors (Lipinski definition) is 0. The van der Waals surface area contributed by atoms with Gasteiger partial charge in [-0.3, -0.25) is 0 Å². The van der Waals surface area contributed by atoms with Crippen molar-refractivity contribution < 1.29 is 8.23 Å². The van der Waals surface area contributed by atoms with Crippen molar-refractivity contribution in [3.8, 4) is 0 Å². The van der Waals surface area contributed by atoms with Gasteiger partial charge in [-0.2, -0.15) is 0 Å². The predicted octanol–water partition coefficient (Wildman–Crippen LogP) is 6.26. The van der Waals surface area contributed by atoms with Gasteiger partial charge in [0.1, 0.15) is 0 Å². The van der Waals surface area contributed by atoms with Crippen LogP contribution in [-0.4, -0.2) is 33.3 Å². The number of benzene rings is 1. The molecule has 136 valence electrons. The van der Waals surface area contributed by atoms with Crippen molar-refractivity contribution in [2.75, 3.05) is 0 Å². The molecule has 0 aliphatic heterocycles. The molecule has 1 aromatic carbocycles. The van der Waals surface area contributed by atoms with E-state index < -0.39 is 33.3 Å². The van der Waals surface area contributed by atoms with Crippen LogP contribution < -0.4 is 0 Å². The fourth-order valence-electron chi connectivity index (χ4n) is 3.04. The molecule has 24 heavy (non-hydrogen) atoms. The monoisotopic (exact) mass is 396 g/mol. The highest BCUT2D eigenvalue weighted by Gasteiger charge is 2.47. The number of hydrogen-bond acceptors (Lipinski definition) is 2. The van der Waals surface area contributed by atoms with Gasteiger partial charge in [0.2, 0.25) is 0 Å². The second-order valence-electron chi connectivity index (χ2n) is 9.59. The molecule has 1 rings (SSSR count). The van der Waals surface area contributed by atoms with Crippen LogP contribution in [0.25, 0.3) is 6.08 Å². The minimum absolute atomic E-state index is 1.26. The van der Waals surface area contributed by atoms with Crippen molar-refractivity contribution in [1.29, 1.82) is 0 Å². The molecular formula is C18H36O2Si4. The first-order chi connectivity index (χ1) is 10.6. The van der Waals surface area contributed by atoms with E-state index in [2.05, 4.69) is 102 Å². The van der Waals surface area contributed by atoms with Crippen LogP contribution in [0, 0.1) is 0 Å². The lowest BCUT2D eigenvalue weighted by atomic mass is 10.2. The minimum atomic E-state index is -2.42. The van der Waals surface area contributed by atoms with E-state index in [0.29, 0.717) is 0 Å². The predicted molar refractivity (Wildman–Crippen MR) is 118 cm³/mol. The topological polar surface area (TPSA) is 18.5 Å². The fraction of sp³-hybridized carbons (Fsp3) is 0.556. The quantitative estimate of drug-likeness (QED) is 0.506. The summed E-state index contributed by atoms with van der Waals surface area (Å²) in [5.74, 6) is 0. The van der Waals surface area contributed by atoms with Gasteiger partial charge in [-0.1, -0.05) is 56.0 Å². The van der Waals surface area contributed by atoms with Crippen molar-refractivity contribution in [3.05, 3.63) is 40.7 Å². The smallest absolute Gasteiger partial charge is 0.340 e. The Hall–Kier alpha value is -0.252. The van der Waals surface area contributed by atoms with Gasteiger partial charge in [0.05, 0.1) is 8.07 Å². The Morgan fingerprint density at radius 3 is 1.46 bits per heavy atom. The van der Waals surface area contributed by atoms with E-state index in [9.17, 15) is 0 Å². The summed E-state index contributed by atoms with van der Waals surface area (Å²) in [4.78, 5) is 1.48. The Morgan fingerprint density at radius 2 is 1.12 bits per heavy atom. The normalized spacial score (nSPS) is 14.8. The molecule has 0 aliphatic carbocycles. The van der Waals surface area contributed by atoms with Gasteiger partial charge in [0, 0.05) is 0 Å². The van der Waals surface area contributed by atoms with Crippen LogP contribution in [0.1, 0.15) is 5.56 Å². The number of rotatable bonds is 7. The maximum atomic E-state index is 6.82. The van der Waals surface area contributed by atoms with E-state index in [1.807, 2.05) is 0 Å². The Morgan fingerprint density at radius 1 is 0.708 bits per heavy atom. The molecule has 0 heterocycles. The summed E-state index contributed by atoms with van der Waals surface area (Å²) in [6.07, 6.45) is 2.37. The Labute approximate surface area is 153 Å². The van der Waals surface area contributed by atoms with E-state index in [-0.39, 0.29) is 0 Å². The van der Waals surface area contributed by atoms with Gasteiger partial charge in [-0.15, -0.1) is 0 Å². The average molecular weight is 397 g/mol. The molecule has 0 aliphatic rings. The maximum Gasteiger partial charge on any atom is 0.340 e. The highest BCUT2D eigenvalue weighted by molar-refractivity contribution is 7.05. The lowest BCUT2D eigenvalue weighted by Crippen LogP contribution is -2.58. The van der Waals surface area contributed by atoms with E-state index >= 15 is 0 Å². The first kappa shape index (κ1) is 21.8. The zero-order valence-corrected chi connectivity index (χ0v) is 21.3. The minimum Gasteiger partial charge on any atom is -0.434 e. The summed E-state index contributed by atoms with van der Waals surface area (Å²) in [6.45, 7) is 23.2. The summed E-state index contributed by atoms with van der Waals surface area (Å²) in [7, 11) is -7.43. The second-order valence-corrected chi connectivity index (χ2v) is 27.6. The fourth-order valence-corrected chi connectivity index (χ4v) is 21.2. The Kier molecular flexibility index (Phi) is 6.86. The van der Waals surface area contributed by atoms with Gasteiger partial charge in [-0.05, 0) is 56.2 Å². The van der Waals surface area contributed by atoms with Crippen molar-refractivity contribution in [2.24, 2.45) is 0 Å². The molecule has 1 aromatic rings. The third-order valence-corrected chi connectivity index (χ3v) is 17.9. The molecule has 0 atom stereocenters.